The van der Waals surface area contributed by atoms with Crippen LogP contribution in [0.3, 0.4) is 0 Å². The number of hydrogen-bond acceptors (Lipinski definition) is 2. The molecule has 0 radical (unpaired) electrons. The van der Waals surface area contributed by atoms with Crippen LogP contribution in [0.2, 0.25) is 0 Å². The number of amides is 1. The molecule has 0 aliphatic rings. The molecular weight excluding hydrogens is 267 g/mol. The minimum Gasteiger partial charge on any atom is -0.396 e. The predicted molar refractivity (Wildman–Crippen MR) is 85.8 cm³/mol. The van der Waals surface area contributed by atoms with Gasteiger partial charge in [-0.05, 0) is 31.0 Å². The van der Waals surface area contributed by atoms with E-state index in [9.17, 15) is 9.18 Å². The van der Waals surface area contributed by atoms with Crippen LogP contribution in [0.1, 0.15) is 62.7 Å². The zero-order chi connectivity index (χ0) is 15.7. The molecule has 3 nitrogen and oxygen atoms in total. The van der Waals surface area contributed by atoms with Gasteiger partial charge in [-0.15, -0.1) is 0 Å². The third-order valence-electron chi connectivity index (χ3n) is 3.60. The Balaban J connectivity index is 2.73. The highest BCUT2D eigenvalue weighted by atomic mass is 19.1. The molecule has 0 saturated heterocycles. The summed E-state index contributed by atoms with van der Waals surface area (Å²) in [7, 11) is 0. The fourth-order valence-corrected chi connectivity index (χ4v) is 2.26. The van der Waals surface area contributed by atoms with Crippen molar-refractivity contribution < 1.29 is 9.18 Å². The van der Waals surface area contributed by atoms with Gasteiger partial charge in [-0.3, -0.25) is 4.79 Å². The lowest BCUT2D eigenvalue weighted by Gasteiger charge is -2.23. The Morgan fingerprint density at radius 1 is 1.10 bits per heavy atom. The number of carbonyl (C=O) groups excluding carboxylic acids is 1. The molecule has 0 spiro atoms. The van der Waals surface area contributed by atoms with E-state index in [0.29, 0.717) is 5.56 Å². The van der Waals surface area contributed by atoms with Crippen molar-refractivity contribution in [3.8, 4) is 0 Å². The Labute approximate surface area is 127 Å². The van der Waals surface area contributed by atoms with Crippen molar-refractivity contribution in [3.05, 3.63) is 29.6 Å². The molecule has 0 aromatic heterocycles. The van der Waals surface area contributed by atoms with Crippen LogP contribution in [0.25, 0.3) is 0 Å². The number of nitrogen functional groups attached to an aromatic ring is 1. The van der Waals surface area contributed by atoms with Crippen molar-refractivity contribution in [3.63, 3.8) is 0 Å². The number of halogens is 1. The van der Waals surface area contributed by atoms with Crippen molar-refractivity contribution in [1.29, 1.82) is 0 Å². The normalized spacial score (nSPS) is 10.6. The number of hydrogen-bond donors (Lipinski definition) is 1. The first-order valence-corrected chi connectivity index (χ1v) is 7.94. The molecule has 1 amide bonds. The first-order valence-electron chi connectivity index (χ1n) is 7.94. The van der Waals surface area contributed by atoms with Gasteiger partial charge in [-0.2, -0.15) is 0 Å². The van der Waals surface area contributed by atoms with Crippen molar-refractivity contribution in [1.82, 2.24) is 4.90 Å². The number of rotatable bonds is 9. The van der Waals surface area contributed by atoms with Crippen molar-refractivity contribution >= 4 is 11.6 Å². The number of anilines is 1. The van der Waals surface area contributed by atoms with Gasteiger partial charge in [-0.25, -0.2) is 4.39 Å². The van der Waals surface area contributed by atoms with Gasteiger partial charge in [0.1, 0.15) is 5.82 Å². The van der Waals surface area contributed by atoms with Crippen LogP contribution in [0.4, 0.5) is 10.1 Å². The van der Waals surface area contributed by atoms with Gasteiger partial charge in [0.05, 0.1) is 5.69 Å². The highest BCUT2D eigenvalue weighted by molar-refractivity contribution is 5.94. The molecule has 0 unspecified atom stereocenters. The third-order valence-corrected chi connectivity index (χ3v) is 3.60. The summed E-state index contributed by atoms with van der Waals surface area (Å²) in [5.41, 5.74) is 5.92. The highest BCUT2D eigenvalue weighted by Gasteiger charge is 2.16. The summed E-state index contributed by atoms with van der Waals surface area (Å²) in [6.45, 7) is 5.75. The molecule has 118 valence electrons. The smallest absolute Gasteiger partial charge is 0.253 e. The molecule has 0 aliphatic carbocycles. The average molecular weight is 294 g/mol. The van der Waals surface area contributed by atoms with Gasteiger partial charge < -0.3 is 10.6 Å². The molecule has 4 heteroatoms. The second kappa shape index (κ2) is 9.37. The van der Waals surface area contributed by atoms with Crippen LogP contribution < -0.4 is 5.73 Å². The van der Waals surface area contributed by atoms with E-state index in [2.05, 4.69) is 13.8 Å². The Bertz CT molecular complexity index is 438. The molecule has 1 aromatic rings. The lowest BCUT2D eigenvalue weighted by molar-refractivity contribution is 0.0749. The molecule has 1 aromatic carbocycles. The maximum atomic E-state index is 13.5. The van der Waals surface area contributed by atoms with E-state index < -0.39 is 5.82 Å². The van der Waals surface area contributed by atoms with Gasteiger partial charge in [0.2, 0.25) is 0 Å². The van der Waals surface area contributed by atoms with E-state index in [1.807, 2.05) is 4.90 Å². The molecule has 0 saturated carbocycles. The maximum Gasteiger partial charge on any atom is 0.253 e. The van der Waals surface area contributed by atoms with Gasteiger partial charge in [0.15, 0.2) is 0 Å². The molecule has 0 fully saturated rings. The number of nitrogens with two attached hydrogens (primary N) is 1. The Kier molecular flexibility index (Phi) is 7.80. The topological polar surface area (TPSA) is 46.3 Å². The van der Waals surface area contributed by atoms with Crippen LogP contribution in [-0.4, -0.2) is 23.9 Å². The first-order chi connectivity index (χ1) is 10.1. The van der Waals surface area contributed by atoms with E-state index in [1.54, 1.807) is 6.07 Å². The van der Waals surface area contributed by atoms with Crippen molar-refractivity contribution in [2.45, 2.75) is 52.4 Å². The summed E-state index contributed by atoms with van der Waals surface area (Å²) in [4.78, 5) is 14.4. The highest BCUT2D eigenvalue weighted by Crippen LogP contribution is 2.15. The fraction of sp³-hybridized carbons (Fsp3) is 0.588. The zero-order valence-corrected chi connectivity index (χ0v) is 13.2. The van der Waals surface area contributed by atoms with Gasteiger partial charge in [0.25, 0.3) is 5.91 Å². The number of carbonyl (C=O) groups is 1. The average Bonchev–Trinajstić information content (AvgIpc) is 2.48. The van der Waals surface area contributed by atoms with Crippen LogP contribution in [0.5, 0.6) is 0 Å². The second-order valence-electron chi connectivity index (χ2n) is 5.44. The van der Waals surface area contributed by atoms with E-state index in [0.717, 1.165) is 51.6 Å². The fourth-order valence-electron chi connectivity index (χ4n) is 2.26. The number of benzene rings is 1. The summed E-state index contributed by atoms with van der Waals surface area (Å²) in [6, 6.07) is 4.30. The molecule has 0 atom stereocenters. The maximum absolute atomic E-state index is 13.5. The molecule has 0 aliphatic heterocycles. The molecule has 2 N–H and O–H groups in total. The monoisotopic (exact) mass is 294 g/mol. The molecule has 21 heavy (non-hydrogen) atoms. The van der Waals surface area contributed by atoms with Crippen molar-refractivity contribution in [2.75, 3.05) is 18.8 Å². The SMILES string of the molecule is CCCCCN(CCCCC)C(=O)c1ccc(N)c(F)c1. The van der Waals surface area contributed by atoms with Crippen LogP contribution in [0.15, 0.2) is 18.2 Å². The van der Waals surface area contributed by atoms with Gasteiger partial charge in [-0.1, -0.05) is 39.5 Å². The van der Waals surface area contributed by atoms with Crippen LogP contribution >= 0.6 is 0 Å². The number of unbranched alkanes of at least 4 members (excludes halogenated alkanes) is 4. The Morgan fingerprint density at radius 3 is 2.14 bits per heavy atom. The van der Waals surface area contributed by atoms with Crippen molar-refractivity contribution in [2.24, 2.45) is 0 Å². The Hall–Kier alpha value is -1.58. The van der Waals surface area contributed by atoms with Crippen LogP contribution in [0, 0.1) is 5.82 Å². The van der Waals surface area contributed by atoms with E-state index >= 15 is 0 Å². The first kappa shape index (κ1) is 17.5. The summed E-state index contributed by atoms with van der Waals surface area (Å²) < 4.78 is 13.5. The van der Waals surface area contributed by atoms with E-state index in [4.69, 9.17) is 5.73 Å². The van der Waals surface area contributed by atoms with Gasteiger partial charge in [0, 0.05) is 18.7 Å². The molecule has 0 bridgehead atoms. The van der Waals surface area contributed by atoms with Crippen LogP contribution in [-0.2, 0) is 0 Å². The van der Waals surface area contributed by atoms with E-state index in [1.165, 1.54) is 12.1 Å². The van der Waals surface area contributed by atoms with Gasteiger partial charge >= 0.3 is 0 Å². The largest absolute Gasteiger partial charge is 0.396 e. The third kappa shape index (κ3) is 5.74. The van der Waals surface area contributed by atoms with E-state index in [-0.39, 0.29) is 11.6 Å². The molecule has 0 heterocycles. The summed E-state index contributed by atoms with van der Waals surface area (Å²) in [5.74, 6) is -0.621. The lowest BCUT2D eigenvalue weighted by atomic mass is 10.1. The quantitative estimate of drug-likeness (QED) is 0.547. The minimum absolute atomic E-state index is 0.0788. The number of nitrogens with zero attached hydrogens (tertiary/aromatic N) is 1. The summed E-state index contributed by atoms with van der Waals surface area (Å²) in [6.07, 6.45) is 6.43. The predicted octanol–water partition coefficient (Wildman–Crippen LogP) is 4.23. The minimum atomic E-state index is -0.525. The zero-order valence-electron chi connectivity index (χ0n) is 13.2. The summed E-state index contributed by atoms with van der Waals surface area (Å²) in [5, 5.41) is 0. The lowest BCUT2D eigenvalue weighted by Crippen LogP contribution is -2.33. The summed E-state index contributed by atoms with van der Waals surface area (Å²) >= 11 is 0. The second-order valence-corrected chi connectivity index (χ2v) is 5.44. The standard InChI is InChI=1S/C17H27FN2O/c1-3-5-7-11-20(12-8-6-4-2)17(21)14-9-10-16(19)15(18)13-14/h9-10,13H,3-8,11-12,19H2,1-2H3. The molecule has 1 rings (SSSR count). The Morgan fingerprint density at radius 2 is 1.67 bits per heavy atom. The molecular formula is C17H27FN2O.